The van der Waals surface area contributed by atoms with Gasteiger partial charge in [0.2, 0.25) is 0 Å². The number of rotatable bonds is 3. The van der Waals surface area contributed by atoms with Crippen molar-refractivity contribution in [1.82, 2.24) is 0 Å². The highest BCUT2D eigenvalue weighted by Crippen LogP contribution is 2.32. The molecule has 1 aromatic rings. The fourth-order valence-electron chi connectivity index (χ4n) is 1.30. The summed E-state index contributed by atoms with van der Waals surface area (Å²) in [5, 5.41) is 18.2. The fraction of sp³-hybridized carbons (Fsp3) is 0.455. The summed E-state index contributed by atoms with van der Waals surface area (Å²) in [5.74, 6) is 0. The molecule has 0 amide bonds. The van der Waals surface area contributed by atoms with E-state index >= 15 is 0 Å². The number of halogens is 3. The van der Waals surface area contributed by atoms with Gasteiger partial charge in [0.05, 0.1) is 18.8 Å². The minimum Gasteiger partial charge on any atom is -0.395 e. The molecule has 0 spiro atoms. The predicted molar refractivity (Wildman–Crippen MR) is 53.0 cm³/mol. The highest BCUT2D eigenvalue weighted by molar-refractivity contribution is 5.31. The molecule has 90 valence electrons. The van der Waals surface area contributed by atoms with E-state index in [2.05, 4.69) is 0 Å². The molecule has 0 saturated heterocycles. The highest BCUT2D eigenvalue weighted by Gasteiger charge is 2.33. The lowest BCUT2D eigenvalue weighted by atomic mass is 9.83. The van der Waals surface area contributed by atoms with Gasteiger partial charge in [-0.05, 0) is 11.6 Å². The van der Waals surface area contributed by atoms with Crippen molar-refractivity contribution in [2.24, 2.45) is 0 Å². The van der Waals surface area contributed by atoms with Gasteiger partial charge in [-0.3, -0.25) is 0 Å². The number of hydrogen-bond donors (Lipinski definition) is 2. The van der Waals surface area contributed by atoms with Crippen molar-refractivity contribution in [2.75, 3.05) is 13.2 Å². The van der Waals surface area contributed by atoms with Crippen molar-refractivity contribution >= 4 is 0 Å². The van der Waals surface area contributed by atoms with Crippen LogP contribution in [0.2, 0.25) is 0 Å². The molecule has 0 aliphatic rings. The molecule has 0 heterocycles. The third-order valence-corrected chi connectivity index (χ3v) is 2.58. The van der Waals surface area contributed by atoms with Gasteiger partial charge < -0.3 is 10.2 Å². The third-order valence-electron chi connectivity index (χ3n) is 2.58. The van der Waals surface area contributed by atoms with Crippen LogP contribution in [-0.4, -0.2) is 23.4 Å². The minimum absolute atomic E-state index is 0.271. The zero-order valence-electron chi connectivity index (χ0n) is 8.75. The van der Waals surface area contributed by atoms with E-state index in [1.807, 2.05) is 0 Å². The van der Waals surface area contributed by atoms with Gasteiger partial charge in [-0.15, -0.1) is 0 Å². The molecule has 0 atom stereocenters. The third kappa shape index (κ3) is 2.54. The zero-order valence-corrected chi connectivity index (χ0v) is 8.75. The maximum Gasteiger partial charge on any atom is 0.416 e. The maximum atomic E-state index is 12.4. The highest BCUT2D eigenvalue weighted by atomic mass is 19.4. The van der Waals surface area contributed by atoms with Crippen LogP contribution in [0, 0.1) is 0 Å². The van der Waals surface area contributed by atoms with Crippen molar-refractivity contribution in [3.63, 3.8) is 0 Å². The number of benzene rings is 1. The molecule has 1 aromatic carbocycles. The van der Waals surface area contributed by atoms with Crippen molar-refractivity contribution in [3.8, 4) is 0 Å². The molecule has 2 N–H and O–H groups in total. The maximum absolute atomic E-state index is 12.4. The summed E-state index contributed by atoms with van der Waals surface area (Å²) < 4.78 is 37.3. The van der Waals surface area contributed by atoms with Crippen LogP contribution in [0.15, 0.2) is 24.3 Å². The van der Waals surface area contributed by atoms with E-state index in [1.165, 1.54) is 19.1 Å². The summed E-state index contributed by atoms with van der Waals surface area (Å²) in [6.45, 7) is 0.679. The number of alkyl halides is 3. The zero-order chi connectivity index (χ0) is 12.4. The number of aliphatic hydroxyl groups is 2. The Kier molecular flexibility index (Phi) is 3.60. The van der Waals surface area contributed by atoms with Crippen LogP contribution in [-0.2, 0) is 11.6 Å². The first kappa shape index (κ1) is 13.0. The molecular formula is C11H13F3O2. The Morgan fingerprint density at radius 3 is 2.00 bits per heavy atom. The van der Waals surface area contributed by atoms with Crippen LogP contribution in [0.3, 0.4) is 0 Å². The van der Waals surface area contributed by atoms with Gasteiger partial charge in [-0.2, -0.15) is 13.2 Å². The fourth-order valence-corrected chi connectivity index (χ4v) is 1.30. The summed E-state index contributed by atoms with van der Waals surface area (Å²) in [4.78, 5) is 0. The molecule has 0 aliphatic heterocycles. The molecule has 0 unspecified atom stereocenters. The van der Waals surface area contributed by atoms with E-state index < -0.39 is 30.4 Å². The van der Waals surface area contributed by atoms with Gasteiger partial charge in [-0.1, -0.05) is 25.1 Å². The Morgan fingerprint density at radius 1 is 1.06 bits per heavy atom. The van der Waals surface area contributed by atoms with Gasteiger partial charge >= 0.3 is 6.18 Å². The van der Waals surface area contributed by atoms with Crippen molar-refractivity contribution in [2.45, 2.75) is 18.5 Å². The average Bonchev–Trinajstić information content (AvgIpc) is 2.27. The first-order chi connectivity index (χ1) is 7.33. The summed E-state index contributed by atoms with van der Waals surface area (Å²) >= 11 is 0. The molecule has 0 bridgehead atoms. The second-order valence-electron chi connectivity index (χ2n) is 3.96. The lowest BCUT2D eigenvalue weighted by Crippen LogP contribution is -2.31. The lowest BCUT2D eigenvalue weighted by Gasteiger charge is -2.25. The van der Waals surface area contributed by atoms with Gasteiger partial charge in [0.1, 0.15) is 0 Å². The molecule has 2 nitrogen and oxygen atoms in total. The van der Waals surface area contributed by atoms with Crippen LogP contribution < -0.4 is 0 Å². The number of aliphatic hydroxyl groups excluding tert-OH is 2. The largest absolute Gasteiger partial charge is 0.416 e. The Hall–Kier alpha value is -1.07. The van der Waals surface area contributed by atoms with E-state index in [9.17, 15) is 13.2 Å². The predicted octanol–water partition coefficient (Wildman–Crippen LogP) is 1.95. The van der Waals surface area contributed by atoms with Gasteiger partial charge in [-0.25, -0.2) is 0 Å². The number of hydrogen-bond acceptors (Lipinski definition) is 2. The minimum atomic E-state index is -4.41. The van der Waals surface area contributed by atoms with E-state index in [0.717, 1.165) is 12.1 Å². The van der Waals surface area contributed by atoms with Gasteiger partial charge in [0.25, 0.3) is 0 Å². The molecule has 0 aromatic heterocycles. The summed E-state index contributed by atoms with van der Waals surface area (Å²) in [5.41, 5.74) is -1.56. The summed E-state index contributed by atoms with van der Waals surface area (Å²) in [7, 11) is 0. The first-order valence-electron chi connectivity index (χ1n) is 4.73. The molecule has 0 radical (unpaired) electrons. The standard InChI is InChI=1S/C11H13F3O2/c1-10(6-15,7-16)8-3-2-4-9(5-8)11(12,13)14/h2-5,15-16H,6-7H2,1H3. The molecule has 0 saturated carbocycles. The molecule has 5 heteroatoms. The van der Waals surface area contributed by atoms with E-state index in [4.69, 9.17) is 10.2 Å². The average molecular weight is 234 g/mol. The smallest absolute Gasteiger partial charge is 0.395 e. The Bertz CT molecular complexity index is 356. The second kappa shape index (κ2) is 4.43. The second-order valence-corrected chi connectivity index (χ2v) is 3.96. The van der Waals surface area contributed by atoms with Crippen LogP contribution in [0.4, 0.5) is 13.2 Å². The lowest BCUT2D eigenvalue weighted by molar-refractivity contribution is -0.137. The monoisotopic (exact) mass is 234 g/mol. The van der Waals surface area contributed by atoms with E-state index in [1.54, 1.807) is 0 Å². The summed E-state index contributed by atoms with van der Waals surface area (Å²) in [6, 6.07) is 4.63. The van der Waals surface area contributed by atoms with Crippen LogP contribution in [0.1, 0.15) is 18.1 Å². The van der Waals surface area contributed by atoms with E-state index in [0.29, 0.717) is 0 Å². The van der Waals surface area contributed by atoms with Gasteiger partial charge in [0.15, 0.2) is 0 Å². The Morgan fingerprint density at radius 2 is 1.56 bits per heavy atom. The Balaban J connectivity index is 3.17. The van der Waals surface area contributed by atoms with Crippen LogP contribution in [0.5, 0.6) is 0 Å². The normalized spacial score (nSPS) is 12.9. The van der Waals surface area contributed by atoms with Crippen LogP contribution >= 0.6 is 0 Å². The van der Waals surface area contributed by atoms with Crippen molar-refractivity contribution in [1.29, 1.82) is 0 Å². The van der Waals surface area contributed by atoms with Crippen molar-refractivity contribution in [3.05, 3.63) is 35.4 Å². The molecule has 16 heavy (non-hydrogen) atoms. The topological polar surface area (TPSA) is 40.5 Å². The molecular weight excluding hydrogens is 221 g/mol. The van der Waals surface area contributed by atoms with Gasteiger partial charge in [0, 0.05) is 5.41 Å². The van der Waals surface area contributed by atoms with Crippen molar-refractivity contribution < 1.29 is 23.4 Å². The molecule has 0 fully saturated rings. The summed E-state index contributed by atoms with van der Waals surface area (Å²) in [6.07, 6.45) is -4.41. The van der Waals surface area contributed by atoms with Crippen LogP contribution in [0.25, 0.3) is 0 Å². The molecule has 1 rings (SSSR count). The Labute approximate surface area is 91.3 Å². The van der Waals surface area contributed by atoms with E-state index in [-0.39, 0.29) is 5.56 Å². The molecule has 0 aliphatic carbocycles. The quantitative estimate of drug-likeness (QED) is 0.839. The first-order valence-corrected chi connectivity index (χ1v) is 4.73. The SMILES string of the molecule is CC(CO)(CO)c1cccc(C(F)(F)F)c1.